The van der Waals surface area contributed by atoms with E-state index in [0.717, 1.165) is 19.4 Å². The SMILES string of the molecule is CCc1ccc(CCN(C)C(=O)CN)cc1. The van der Waals surface area contributed by atoms with E-state index < -0.39 is 0 Å². The van der Waals surface area contributed by atoms with Gasteiger partial charge in [-0.25, -0.2) is 0 Å². The fraction of sp³-hybridized carbons (Fsp3) is 0.462. The van der Waals surface area contributed by atoms with Gasteiger partial charge in [0.2, 0.25) is 5.91 Å². The largest absolute Gasteiger partial charge is 0.344 e. The van der Waals surface area contributed by atoms with E-state index in [-0.39, 0.29) is 12.5 Å². The van der Waals surface area contributed by atoms with Crippen molar-refractivity contribution in [3.8, 4) is 0 Å². The first-order chi connectivity index (χ1) is 7.67. The summed E-state index contributed by atoms with van der Waals surface area (Å²) >= 11 is 0. The minimum atomic E-state index is -0.00909. The number of hydrogen-bond acceptors (Lipinski definition) is 2. The van der Waals surface area contributed by atoms with Gasteiger partial charge >= 0.3 is 0 Å². The van der Waals surface area contributed by atoms with Crippen LogP contribution in [0.4, 0.5) is 0 Å². The van der Waals surface area contributed by atoms with E-state index >= 15 is 0 Å². The van der Waals surface area contributed by atoms with Crippen molar-refractivity contribution < 1.29 is 4.79 Å². The first kappa shape index (κ1) is 12.7. The van der Waals surface area contributed by atoms with Crippen LogP contribution < -0.4 is 5.73 Å². The van der Waals surface area contributed by atoms with E-state index in [0.29, 0.717) is 0 Å². The maximum absolute atomic E-state index is 11.2. The van der Waals surface area contributed by atoms with Crippen molar-refractivity contribution in [3.05, 3.63) is 35.4 Å². The molecule has 0 fully saturated rings. The summed E-state index contributed by atoms with van der Waals surface area (Å²) in [6.45, 7) is 2.95. The van der Waals surface area contributed by atoms with Gasteiger partial charge in [-0.15, -0.1) is 0 Å². The number of carbonyl (C=O) groups is 1. The molecule has 0 aliphatic carbocycles. The highest BCUT2D eigenvalue weighted by Crippen LogP contribution is 2.06. The lowest BCUT2D eigenvalue weighted by molar-refractivity contribution is -0.128. The van der Waals surface area contributed by atoms with Gasteiger partial charge in [-0.1, -0.05) is 31.2 Å². The lowest BCUT2D eigenvalue weighted by Gasteiger charge is -2.15. The molecule has 0 aromatic heterocycles. The Bertz CT molecular complexity index is 332. The van der Waals surface area contributed by atoms with Crippen LogP contribution in [0.5, 0.6) is 0 Å². The van der Waals surface area contributed by atoms with Gasteiger partial charge in [-0.2, -0.15) is 0 Å². The molecule has 88 valence electrons. The molecule has 0 unspecified atom stereocenters. The molecule has 0 bridgehead atoms. The van der Waals surface area contributed by atoms with Crippen molar-refractivity contribution >= 4 is 5.91 Å². The Balaban J connectivity index is 2.45. The van der Waals surface area contributed by atoms with Gasteiger partial charge in [-0.05, 0) is 24.0 Å². The third-order valence-corrected chi connectivity index (χ3v) is 2.77. The first-order valence-electron chi connectivity index (χ1n) is 5.69. The van der Waals surface area contributed by atoms with Gasteiger partial charge in [0.1, 0.15) is 0 Å². The van der Waals surface area contributed by atoms with E-state index in [9.17, 15) is 4.79 Å². The van der Waals surface area contributed by atoms with Crippen molar-refractivity contribution in [1.82, 2.24) is 4.90 Å². The van der Waals surface area contributed by atoms with Crippen LogP contribution >= 0.6 is 0 Å². The van der Waals surface area contributed by atoms with E-state index in [1.54, 1.807) is 11.9 Å². The van der Waals surface area contributed by atoms with Gasteiger partial charge < -0.3 is 10.6 Å². The number of carbonyl (C=O) groups excluding carboxylic acids is 1. The third kappa shape index (κ3) is 3.66. The Morgan fingerprint density at radius 1 is 1.25 bits per heavy atom. The lowest BCUT2D eigenvalue weighted by atomic mass is 10.1. The second-order valence-electron chi connectivity index (χ2n) is 3.94. The van der Waals surface area contributed by atoms with Crippen LogP contribution in [0.3, 0.4) is 0 Å². The second kappa shape index (κ2) is 6.28. The van der Waals surface area contributed by atoms with Crippen LogP contribution in [-0.2, 0) is 17.6 Å². The van der Waals surface area contributed by atoms with Crippen molar-refractivity contribution in [2.45, 2.75) is 19.8 Å². The summed E-state index contributed by atoms with van der Waals surface area (Å²) in [6.07, 6.45) is 1.94. The maximum atomic E-state index is 11.2. The smallest absolute Gasteiger partial charge is 0.236 e. The summed E-state index contributed by atoms with van der Waals surface area (Å²) < 4.78 is 0. The maximum Gasteiger partial charge on any atom is 0.236 e. The number of amides is 1. The van der Waals surface area contributed by atoms with Crippen LogP contribution in [0.1, 0.15) is 18.1 Å². The minimum absolute atomic E-state index is 0.00909. The lowest BCUT2D eigenvalue weighted by Crippen LogP contribution is -2.34. The molecule has 16 heavy (non-hydrogen) atoms. The van der Waals surface area contributed by atoms with Gasteiger partial charge in [0.05, 0.1) is 6.54 Å². The Labute approximate surface area is 97.2 Å². The van der Waals surface area contributed by atoms with Crippen molar-refractivity contribution in [1.29, 1.82) is 0 Å². The second-order valence-corrected chi connectivity index (χ2v) is 3.94. The Kier molecular flexibility index (Phi) is 4.99. The number of benzene rings is 1. The number of aryl methyl sites for hydroxylation is 1. The summed E-state index contributed by atoms with van der Waals surface area (Å²) in [4.78, 5) is 12.9. The zero-order valence-electron chi connectivity index (χ0n) is 10.1. The summed E-state index contributed by atoms with van der Waals surface area (Å²) in [5.41, 5.74) is 7.89. The molecule has 3 heteroatoms. The summed E-state index contributed by atoms with van der Waals surface area (Å²) in [5, 5.41) is 0. The van der Waals surface area contributed by atoms with E-state index in [4.69, 9.17) is 5.73 Å². The fourth-order valence-corrected chi connectivity index (χ4v) is 1.52. The molecule has 1 aromatic rings. The van der Waals surface area contributed by atoms with Gasteiger partial charge in [0, 0.05) is 13.6 Å². The predicted octanol–water partition coefficient (Wildman–Crippen LogP) is 1.21. The van der Waals surface area contributed by atoms with Gasteiger partial charge in [0.15, 0.2) is 0 Å². The molecule has 0 aliphatic heterocycles. The minimum Gasteiger partial charge on any atom is -0.344 e. The highest BCUT2D eigenvalue weighted by molar-refractivity contribution is 5.77. The van der Waals surface area contributed by atoms with Crippen molar-refractivity contribution in [2.24, 2.45) is 5.73 Å². The third-order valence-electron chi connectivity index (χ3n) is 2.77. The Morgan fingerprint density at radius 2 is 1.81 bits per heavy atom. The number of hydrogen-bond donors (Lipinski definition) is 1. The number of nitrogens with two attached hydrogens (primary N) is 1. The quantitative estimate of drug-likeness (QED) is 0.810. The molecule has 1 amide bonds. The average molecular weight is 220 g/mol. The van der Waals surface area contributed by atoms with Crippen LogP contribution in [0.15, 0.2) is 24.3 Å². The molecular weight excluding hydrogens is 200 g/mol. The van der Waals surface area contributed by atoms with Crippen molar-refractivity contribution in [3.63, 3.8) is 0 Å². The average Bonchev–Trinajstić information content (AvgIpc) is 2.35. The summed E-state index contributed by atoms with van der Waals surface area (Å²) in [7, 11) is 1.79. The molecule has 0 saturated heterocycles. The van der Waals surface area contributed by atoms with Crippen LogP contribution in [0.25, 0.3) is 0 Å². The Hall–Kier alpha value is -1.35. The highest BCUT2D eigenvalue weighted by atomic mass is 16.2. The Morgan fingerprint density at radius 3 is 2.31 bits per heavy atom. The molecule has 0 radical (unpaired) electrons. The zero-order valence-corrected chi connectivity index (χ0v) is 10.1. The van der Waals surface area contributed by atoms with Crippen LogP contribution in [-0.4, -0.2) is 30.9 Å². The molecule has 0 aliphatic rings. The fourth-order valence-electron chi connectivity index (χ4n) is 1.52. The molecule has 0 saturated carbocycles. The normalized spacial score (nSPS) is 10.2. The monoisotopic (exact) mass is 220 g/mol. The first-order valence-corrected chi connectivity index (χ1v) is 5.69. The summed E-state index contributed by atoms with van der Waals surface area (Å²) in [6, 6.07) is 8.53. The molecule has 1 rings (SSSR count). The van der Waals surface area contributed by atoms with Gasteiger partial charge in [0.25, 0.3) is 0 Å². The number of likely N-dealkylation sites (N-methyl/N-ethyl adjacent to an activating group) is 1. The molecule has 0 spiro atoms. The standard InChI is InChI=1S/C13H20N2O/c1-3-11-4-6-12(7-5-11)8-9-15(2)13(16)10-14/h4-7H,3,8-10,14H2,1-2H3. The van der Waals surface area contributed by atoms with Crippen LogP contribution in [0, 0.1) is 0 Å². The van der Waals surface area contributed by atoms with E-state index in [1.807, 2.05) is 0 Å². The van der Waals surface area contributed by atoms with Crippen LogP contribution in [0.2, 0.25) is 0 Å². The highest BCUT2D eigenvalue weighted by Gasteiger charge is 2.05. The molecule has 0 atom stereocenters. The molecule has 2 N–H and O–H groups in total. The summed E-state index contributed by atoms with van der Waals surface area (Å²) in [5.74, 6) is -0.00909. The predicted molar refractivity (Wildman–Crippen MR) is 66.2 cm³/mol. The topological polar surface area (TPSA) is 46.3 Å². The van der Waals surface area contributed by atoms with Gasteiger partial charge in [-0.3, -0.25) is 4.79 Å². The zero-order chi connectivity index (χ0) is 12.0. The number of nitrogens with zero attached hydrogens (tertiary/aromatic N) is 1. The van der Waals surface area contributed by atoms with E-state index in [1.165, 1.54) is 11.1 Å². The molecule has 3 nitrogen and oxygen atoms in total. The van der Waals surface area contributed by atoms with Crippen molar-refractivity contribution in [2.75, 3.05) is 20.1 Å². The van der Waals surface area contributed by atoms with E-state index in [2.05, 4.69) is 31.2 Å². The molecular formula is C13H20N2O. The number of rotatable bonds is 5. The molecule has 0 heterocycles. The molecule has 1 aromatic carbocycles.